The van der Waals surface area contributed by atoms with Gasteiger partial charge in [0.2, 0.25) is 0 Å². The number of fused-ring (bicyclic) bond motifs is 3. The lowest BCUT2D eigenvalue weighted by molar-refractivity contribution is 0.669. The van der Waals surface area contributed by atoms with Crippen molar-refractivity contribution in [2.24, 2.45) is 0 Å². The van der Waals surface area contributed by atoms with Crippen LogP contribution >= 0.6 is 0 Å². The van der Waals surface area contributed by atoms with Crippen LogP contribution in [0.3, 0.4) is 0 Å². The normalized spacial score (nSPS) is 11.2. The first-order valence-electron chi connectivity index (χ1n) is 16.7. The number of nitrogens with zero attached hydrogens (tertiary/aromatic N) is 3. The van der Waals surface area contributed by atoms with Crippen LogP contribution in [-0.4, -0.2) is 9.97 Å². The van der Waals surface area contributed by atoms with E-state index >= 15 is 0 Å². The van der Waals surface area contributed by atoms with Gasteiger partial charge in [0.1, 0.15) is 11.2 Å². The Morgan fingerprint density at radius 1 is 0.340 bits per heavy atom. The van der Waals surface area contributed by atoms with Crippen LogP contribution in [0.15, 0.2) is 192 Å². The average molecular weight is 642 g/mol. The van der Waals surface area contributed by atoms with E-state index in [1.165, 1.54) is 11.1 Å². The van der Waals surface area contributed by atoms with Crippen LogP contribution < -0.4 is 4.90 Å². The third kappa shape index (κ3) is 5.59. The molecule has 0 aliphatic rings. The highest BCUT2D eigenvalue weighted by Gasteiger charge is 2.17. The van der Waals surface area contributed by atoms with E-state index in [0.29, 0.717) is 5.82 Å². The number of furan rings is 1. The number of benzene rings is 7. The fraction of sp³-hybridized carbons (Fsp3) is 0. The summed E-state index contributed by atoms with van der Waals surface area (Å²) in [6.07, 6.45) is 0. The van der Waals surface area contributed by atoms with Gasteiger partial charge >= 0.3 is 0 Å². The van der Waals surface area contributed by atoms with Crippen LogP contribution in [0.25, 0.3) is 67.0 Å². The van der Waals surface area contributed by atoms with Crippen LogP contribution in [0.4, 0.5) is 17.1 Å². The second kappa shape index (κ2) is 12.7. The number of anilines is 3. The summed E-state index contributed by atoms with van der Waals surface area (Å²) in [5, 5.41) is 2.11. The lowest BCUT2D eigenvalue weighted by Crippen LogP contribution is -2.09. The Morgan fingerprint density at radius 2 is 0.860 bits per heavy atom. The Balaban J connectivity index is 1.13. The van der Waals surface area contributed by atoms with E-state index in [1.807, 2.05) is 60.7 Å². The molecule has 2 heterocycles. The van der Waals surface area contributed by atoms with Crippen molar-refractivity contribution in [3.63, 3.8) is 0 Å². The highest BCUT2D eigenvalue weighted by Crippen LogP contribution is 2.40. The Bertz CT molecular complexity index is 2510. The van der Waals surface area contributed by atoms with E-state index in [9.17, 15) is 0 Å². The van der Waals surface area contributed by atoms with Crippen LogP contribution in [0, 0.1) is 0 Å². The predicted octanol–water partition coefficient (Wildman–Crippen LogP) is 12.5. The quantitative estimate of drug-likeness (QED) is 0.174. The summed E-state index contributed by atoms with van der Waals surface area (Å²) in [6.45, 7) is 0. The Kier molecular flexibility index (Phi) is 7.45. The second-order valence-corrected chi connectivity index (χ2v) is 12.3. The van der Waals surface area contributed by atoms with E-state index in [2.05, 4.69) is 132 Å². The number of hydrogen-bond donors (Lipinski definition) is 0. The monoisotopic (exact) mass is 641 g/mol. The Morgan fingerprint density at radius 3 is 1.54 bits per heavy atom. The standard InChI is InChI=1S/C46H31N3O/c1-5-13-32(14-6-1)33-21-24-38(25-22-33)49(37-19-11-4-12-20-37)39-26-28-44-41(30-39)40-27-23-36(29-45(40)50-44)43-31-42(34-15-7-2-8-16-34)47-46(48-43)35-17-9-3-10-18-35/h1-31H. The average Bonchev–Trinajstić information content (AvgIpc) is 3.57. The molecule has 9 aromatic rings. The SMILES string of the molecule is c1ccc(-c2ccc(N(c3ccccc3)c3ccc4oc5cc(-c6cc(-c7ccccc7)nc(-c7ccccc7)n6)ccc5c4c3)cc2)cc1. The topological polar surface area (TPSA) is 42.2 Å². The molecular weight excluding hydrogens is 611 g/mol. The molecule has 0 amide bonds. The molecule has 0 fully saturated rings. The van der Waals surface area contributed by atoms with E-state index < -0.39 is 0 Å². The first kappa shape index (κ1) is 29.4. The van der Waals surface area contributed by atoms with Gasteiger partial charge in [-0.2, -0.15) is 0 Å². The van der Waals surface area contributed by atoms with E-state index in [4.69, 9.17) is 14.4 Å². The summed E-state index contributed by atoms with van der Waals surface area (Å²) in [5.74, 6) is 0.689. The number of hydrogen-bond acceptors (Lipinski definition) is 4. The summed E-state index contributed by atoms with van der Waals surface area (Å²) in [4.78, 5) is 12.3. The fourth-order valence-electron chi connectivity index (χ4n) is 6.59. The molecule has 0 unspecified atom stereocenters. The molecule has 4 nitrogen and oxygen atoms in total. The minimum absolute atomic E-state index is 0.689. The summed E-state index contributed by atoms with van der Waals surface area (Å²) in [6, 6.07) is 65.0. The van der Waals surface area contributed by atoms with Gasteiger partial charge in [-0.25, -0.2) is 9.97 Å². The molecule has 0 saturated heterocycles. The third-order valence-electron chi connectivity index (χ3n) is 9.08. The maximum absolute atomic E-state index is 6.49. The zero-order chi connectivity index (χ0) is 33.3. The van der Waals surface area contributed by atoms with Gasteiger partial charge in [0.25, 0.3) is 0 Å². The molecule has 7 aromatic carbocycles. The molecular formula is C46H31N3O. The van der Waals surface area contributed by atoms with Crippen LogP contribution in [0.5, 0.6) is 0 Å². The zero-order valence-electron chi connectivity index (χ0n) is 27.1. The van der Waals surface area contributed by atoms with E-state index in [0.717, 1.165) is 67.1 Å². The number of para-hydroxylation sites is 1. The molecule has 4 heteroatoms. The Labute approximate surface area is 290 Å². The van der Waals surface area contributed by atoms with Crippen molar-refractivity contribution in [3.05, 3.63) is 188 Å². The van der Waals surface area contributed by atoms with Crippen molar-refractivity contribution >= 4 is 39.0 Å². The predicted molar refractivity (Wildman–Crippen MR) is 206 cm³/mol. The zero-order valence-corrected chi connectivity index (χ0v) is 27.1. The maximum atomic E-state index is 6.49. The summed E-state index contributed by atoms with van der Waals surface area (Å²) in [5.41, 5.74) is 12.0. The van der Waals surface area contributed by atoms with Crippen molar-refractivity contribution < 1.29 is 4.42 Å². The number of rotatable bonds is 7. The van der Waals surface area contributed by atoms with Crippen molar-refractivity contribution in [2.45, 2.75) is 0 Å². The largest absolute Gasteiger partial charge is 0.456 e. The molecule has 0 radical (unpaired) electrons. The smallest absolute Gasteiger partial charge is 0.160 e. The third-order valence-corrected chi connectivity index (χ3v) is 9.08. The molecule has 0 spiro atoms. The molecule has 2 aromatic heterocycles. The molecule has 0 saturated carbocycles. The lowest BCUT2D eigenvalue weighted by Gasteiger charge is -2.25. The molecule has 9 rings (SSSR count). The lowest BCUT2D eigenvalue weighted by atomic mass is 10.0. The summed E-state index contributed by atoms with van der Waals surface area (Å²) in [7, 11) is 0. The molecule has 50 heavy (non-hydrogen) atoms. The molecule has 0 bridgehead atoms. The first-order valence-corrected chi connectivity index (χ1v) is 16.7. The van der Waals surface area contributed by atoms with Gasteiger partial charge in [-0.15, -0.1) is 0 Å². The van der Waals surface area contributed by atoms with Gasteiger partial charge in [-0.05, 0) is 71.8 Å². The highest BCUT2D eigenvalue weighted by molar-refractivity contribution is 6.07. The van der Waals surface area contributed by atoms with Gasteiger partial charge in [0.05, 0.1) is 11.4 Å². The summed E-state index contributed by atoms with van der Waals surface area (Å²) >= 11 is 0. The molecule has 0 aliphatic carbocycles. The Hall–Kier alpha value is -6.78. The van der Waals surface area contributed by atoms with Crippen LogP contribution in [0.1, 0.15) is 0 Å². The second-order valence-electron chi connectivity index (χ2n) is 12.3. The fourth-order valence-corrected chi connectivity index (χ4v) is 6.59. The van der Waals surface area contributed by atoms with Gasteiger partial charge in [0.15, 0.2) is 5.82 Å². The van der Waals surface area contributed by atoms with E-state index in [-0.39, 0.29) is 0 Å². The van der Waals surface area contributed by atoms with Crippen molar-refractivity contribution in [1.29, 1.82) is 0 Å². The van der Waals surface area contributed by atoms with Crippen molar-refractivity contribution in [3.8, 4) is 45.0 Å². The summed E-state index contributed by atoms with van der Waals surface area (Å²) < 4.78 is 6.49. The van der Waals surface area contributed by atoms with E-state index in [1.54, 1.807) is 0 Å². The molecule has 0 atom stereocenters. The van der Waals surface area contributed by atoms with Gasteiger partial charge < -0.3 is 9.32 Å². The molecule has 0 aliphatic heterocycles. The molecule has 0 N–H and O–H groups in total. The molecule has 236 valence electrons. The highest BCUT2D eigenvalue weighted by atomic mass is 16.3. The number of aromatic nitrogens is 2. The minimum Gasteiger partial charge on any atom is -0.456 e. The minimum atomic E-state index is 0.689. The van der Waals surface area contributed by atoms with Gasteiger partial charge in [0, 0.05) is 44.5 Å². The van der Waals surface area contributed by atoms with Gasteiger partial charge in [-0.1, -0.05) is 127 Å². The van der Waals surface area contributed by atoms with Crippen LogP contribution in [-0.2, 0) is 0 Å². The van der Waals surface area contributed by atoms with Gasteiger partial charge in [-0.3, -0.25) is 0 Å². The van der Waals surface area contributed by atoms with Crippen molar-refractivity contribution in [2.75, 3.05) is 4.90 Å². The first-order chi connectivity index (χ1) is 24.8. The van der Waals surface area contributed by atoms with Crippen molar-refractivity contribution in [1.82, 2.24) is 9.97 Å². The maximum Gasteiger partial charge on any atom is 0.160 e. The van der Waals surface area contributed by atoms with Crippen LogP contribution in [0.2, 0.25) is 0 Å².